The average Bonchev–Trinajstić information content (AvgIpc) is 2.76. The maximum absolute atomic E-state index is 12.7. The fourth-order valence-corrected chi connectivity index (χ4v) is 2.88. The molecule has 0 saturated heterocycles. The molecule has 1 N–H and O–H groups in total. The van der Waals surface area contributed by atoms with Gasteiger partial charge in [-0.1, -0.05) is 6.07 Å². The molecule has 2 aromatic carbocycles. The SMILES string of the molecule is COc1ccc([N+](=O)[O-])cc1NC(=O)[C@H](C)N(C)CCc1ccc(OC)c(OC)c1. The summed E-state index contributed by atoms with van der Waals surface area (Å²) in [7, 11) is 6.45. The number of nitrogens with one attached hydrogen (secondary N) is 1. The lowest BCUT2D eigenvalue weighted by Crippen LogP contribution is -2.40. The number of ether oxygens (including phenoxy) is 3. The van der Waals surface area contributed by atoms with Crippen LogP contribution < -0.4 is 19.5 Å². The minimum absolute atomic E-state index is 0.124. The maximum Gasteiger partial charge on any atom is 0.271 e. The summed E-state index contributed by atoms with van der Waals surface area (Å²) in [4.78, 5) is 25.1. The number of carbonyl (C=O) groups is 1. The van der Waals surface area contributed by atoms with Crippen LogP contribution in [0.5, 0.6) is 17.2 Å². The second-order valence-electron chi connectivity index (χ2n) is 6.73. The lowest BCUT2D eigenvalue weighted by Gasteiger charge is -2.24. The Morgan fingerprint density at radius 2 is 1.70 bits per heavy atom. The van der Waals surface area contributed by atoms with Crippen LogP contribution in [0.1, 0.15) is 12.5 Å². The van der Waals surface area contributed by atoms with Crippen molar-refractivity contribution in [3.8, 4) is 17.2 Å². The molecule has 0 fully saturated rings. The summed E-state index contributed by atoms with van der Waals surface area (Å²) in [5, 5.41) is 13.7. The van der Waals surface area contributed by atoms with E-state index < -0.39 is 11.0 Å². The molecule has 1 atom stereocenters. The van der Waals surface area contributed by atoms with Gasteiger partial charge in [-0.15, -0.1) is 0 Å². The third-order valence-corrected chi connectivity index (χ3v) is 4.89. The third kappa shape index (κ3) is 5.60. The van der Waals surface area contributed by atoms with Crippen molar-refractivity contribution in [3.05, 3.63) is 52.1 Å². The van der Waals surface area contributed by atoms with Crippen LogP contribution in [0.4, 0.5) is 11.4 Å². The van der Waals surface area contributed by atoms with Gasteiger partial charge in [-0.25, -0.2) is 0 Å². The number of non-ortho nitro benzene ring substituents is 1. The van der Waals surface area contributed by atoms with Gasteiger partial charge in [0.25, 0.3) is 5.69 Å². The standard InChI is InChI=1S/C21H27N3O6/c1-14(21(25)22-17-13-16(24(26)27)7-9-18(17)28-3)23(2)11-10-15-6-8-19(29-4)20(12-15)30-5/h6-9,12-14H,10-11H2,1-5H3,(H,22,25)/t14-/m0/s1. The maximum atomic E-state index is 12.7. The monoisotopic (exact) mass is 417 g/mol. The molecule has 162 valence electrons. The second kappa shape index (κ2) is 10.4. The first-order chi connectivity index (χ1) is 14.3. The van der Waals surface area contributed by atoms with Gasteiger partial charge in [0.1, 0.15) is 5.75 Å². The molecular weight excluding hydrogens is 390 g/mol. The Hall–Kier alpha value is -3.33. The topological polar surface area (TPSA) is 103 Å². The average molecular weight is 417 g/mol. The van der Waals surface area contributed by atoms with E-state index in [1.807, 2.05) is 30.1 Å². The highest BCUT2D eigenvalue weighted by molar-refractivity contribution is 5.96. The molecule has 0 aliphatic heterocycles. The van der Waals surface area contributed by atoms with E-state index in [1.54, 1.807) is 21.1 Å². The summed E-state index contributed by atoms with van der Waals surface area (Å²) in [5.41, 5.74) is 1.19. The zero-order chi connectivity index (χ0) is 22.3. The normalized spacial score (nSPS) is 11.7. The van der Waals surface area contributed by atoms with E-state index in [4.69, 9.17) is 14.2 Å². The zero-order valence-corrected chi connectivity index (χ0v) is 17.8. The summed E-state index contributed by atoms with van der Waals surface area (Å²) in [6, 6.07) is 9.31. The van der Waals surface area contributed by atoms with Crippen LogP contribution in [0, 0.1) is 10.1 Å². The Labute approximate surface area is 175 Å². The molecule has 30 heavy (non-hydrogen) atoms. The molecule has 0 aliphatic rings. The molecule has 2 rings (SSSR count). The van der Waals surface area contributed by atoms with E-state index in [-0.39, 0.29) is 17.3 Å². The highest BCUT2D eigenvalue weighted by Gasteiger charge is 2.21. The van der Waals surface area contributed by atoms with Crippen LogP contribution >= 0.6 is 0 Å². The van der Waals surface area contributed by atoms with E-state index in [0.29, 0.717) is 30.2 Å². The largest absolute Gasteiger partial charge is 0.495 e. The predicted molar refractivity (Wildman–Crippen MR) is 114 cm³/mol. The minimum Gasteiger partial charge on any atom is -0.495 e. The first-order valence-electron chi connectivity index (χ1n) is 9.35. The summed E-state index contributed by atoms with van der Waals surface area (Å²) < 4.78 is 15.8. The van der Waals surface area contributed by atoms with Gasteiger partial charge >= 0.3 is 0 Å². The lowest BCUT2D eigenvalue weighted by molar-refractivity contribution is -0.384. The van der Waals surface area contributed by atoms with Gasteiger partial charge in [-0.2, -0.15) is 0 Å². The first kappa shape index (κ1) is 23.0. The van der Waals surface area contributed by atoms with Gasteiger partial charge in [0, 0.05) is 18.7 Å². The Morgan fingerprint density at radius 1 is 1.07 bits per heavy atom. The molecular formula is C21H27N3O6. The van der Waals surface area contributed by atoms with Crippen LogP contribution in [-0.2, 0) is 11.2 Å². The summed E-state index contributed by atoms with van der Waals surface area (Å²) in [6.07, 6.45) is 0.703. The highest BCUT2D eigenvalue weighted by atomic mass is 16.6. The summed E-state index contributed by atoms with van der Waals surface area (Å²) in [6.45, 7) is 2.39. The van der Waals surface area contributed by atoms with Crippen LogP contribution in [0.3, 0.4) is 0 Å². The lowest BCUT2D eigenvalue weighted by atomic mass is 10.1. The molecule has 9 heteroatoms. The molecule has 0 saturated carbocycles. The molecule has 9 nitrogen and oxygen atoms in total. The number of nitrogens with zero attached hydrogens (tertiary/aromatic N) is 2. The fraction of sp³-hybridized carbons (Fsp3) is 0.381. The zero-order valence-electron chi connectivity index (χ0n) is 17.8. The molecule has 0 heterocycles. The van der Waals surface area contributed by atoms with E-state index in [1.165, 1.54) is 25.3 Å². The molecule has 0 bridgehead atoms. The number of anilines is 1. The van der Waals surface area contributed by atoms with Crippen molar-refractivity contribution < 1.29 is 23.9 Å². The van der Waals surface area contributed by atoms with Gasteiger partial charge in [-0.05, 0) is 44.2 Å². The Kier molecular flexibility index (Phi) is 7.99. The number of hydrogen-bond donors (Lipinski definition) is 1. The predicted octanol–water partition coefficient (Wildman–Crippen LogP) is 3.12. The van der Waals surface area contributed by atoms with E-state index in [2.05, 4.69) is 5.32 Å². The van der Waals surface area contributed by atoms with E-state index in [9.17, 15) is 14.9 Å². The molecule has 0 aromatic heterocycles. The van der Waals surface area contributed by atoms with Crippen molar-refractivity contribution >= 4 is 17.3 Å². The number of methoxy groups -OCH3 is 3. The number of amides is 1. The number of carbonyl (C=O) groups excluding carboxylic acids is 1. The number of likely N-dealkylation sites (N-methyl/N-ethyl adjacent to an activating group) is 1. The Morgan fingerprint density at radius 3 is 2.30 bits per heavy atom. The van der Waals surface area contributed by atoms with Crippen molar-refractivity contribution in [2.45, 2.75) is 19.4 Å². The van der Waals surface area contributed by atoms with Gasteiger partial charge in [0.2, 0.25) is 5.91 Å². The molecule has 0 radical (unpaired) electrons. The van der Waals surface area contributed by atoms with Crippen molar-refractivity contribution in [1.82, 2.24) is 4.90 Å². The van der Waals surface area contributed by atoms with E-state index in [0.717, 1.165) is 5.56 Å². The van der Waals surface area contributed by atoms with Crippen molar-refractivity contribution in [2.75, 3.05) is 40.2 Å². The number of nitro benzene ring substituents is 1. The first-order valence-corrected chi connectivity index (χ1v) is 9.35. The molecule has 1 amide bonds. The van der Waals surface area contributed by atoms with Gasteiger partial charge in [0.05, 0.1) is 38.0 Å². The smallest absolute Gasteiger partial charge is 0.271 e. The molecule has 0 unspecified atom stereocenters. The Bertz CT molecular complexity index is 902. The number of rotatable bonds is 10. The molecule has 2 aromatic rings. The fourth-order valence-electron chi connectivity index (χ4n) is 2.88. The molecule has 0 spiro atoms. The van der Waals surface area contributed by atoms with Crippen molar-refractivity contribution in [3.63, 3.8) is 0 Å². The van der Waals surface area contributed by atoms with Gasteiger partial charge < -0.3 is 19.5 Å². The summed E-state index contributed by atoms with van der Waals surface area (Å²) in [5.74, 6) is 1.38. The number of benzene rings is 2. The van der Waals surface area contributed by atoms with Crippen molar-refractivity contribution in [2.24, 2.45) is 0 Å². The minimum atomic E-state index is -0.520. The van der Waals surface area contributed by atoms with Crippen LogP contribution in [0.25, 0.3) is 0 Å². The van der Waals surface area contributed by atoms with Crippen LogP contribution in [0.2, 0.25) is 0 Å². The molecule has 0 aliphatic carbocycles. The van der Waals surface area contributed by atoms with Crippen molar-refractivity contribution in [1.29, 1.82) is 0 Å². The van der Waals surface area contributed by atoms with Gasteiger partial charge in [-0.3, -0.25) is 19.8 Å². The summed E-state index contributed by atoms with van der Waals surface area (Å²) >= 11 is 0. The van der Waals surface area contributed by atoms with Crippen LogP contribution in [0.15, 0.2) is 36.4 Å². The van der Waals surface area contributed by atoms with E-state index >= 15 is 0 Å². The van der Waals surface area contributed by atoms with Gasteiger partial charge in [0.15, 0.2) is 11.5 Å². The third-order valence-electron chi connectivity index (χ3n) is 4.89. The number of hydrogen-bond acceptors (Lipinski definition) is 7. The Balaban J connectivity index is 2.02. The second-order valence-corrected chi connectivity index (χ2v) is 6.73. The number of nitro groups is 1. The highest BCUT2D eigenvalue weighted by Crippen LogP contribution is 2.29. The van der Waals surface area contributed by atoms with Crippen LogP contribution in [-0.4, -0.2) is 56.7 Å². The quantitative estimate of drug-likeness (QED) is 0.468.